The second kappa shape index (κ2) is 7.75. The lowest BCUT2D eigenvalue weighted by molar-refractivity contribution is 0.186. The summed E-state index contributed by atoms with van der Waals surface area (Å²) in [4.78, 5) is 25.7. The number of amidine groups is 1. The Morgan fingerprint density at radius 1 is 1.35 bits per heavy atom. The Morgan fingerprint density at radius 2 is 2.06 bits per heavy atom. The van der Waals surface area contributed by atoms with Gasteiger partial charge in [0.25, 0.3) is 5.56 Å². The molecule has 1 aliphatic heterocycles. The van der Waals surface area contributed by atoms with E-state index in [0.717, 1.165) is 19.3 Å². The van der Waals surface area contributed by atoms with Crippen molar-refractivity contribution in [3.63, 3.8) is 0 Å². The summed E-state index contributed by atoms with van der Waals surface area (Å²) in [6.45, 7) is 4.66. The summed E-state index contributed by atoms with van der Waals surface area (Å²) >= 11 is 0. The number of rotatable bonds is 5. The number of halogens is 1. The van der Waals surface area contributed by atoms with E-state index in [0.29, 0.717) is 35.2 Å². The molecule has 2 aliphatic rings. The van der Waals surface area contributed by atoms with Crippen molar-refractivity contribution < 1.29 is 19.5 Å². The molecule has 2 atom stereocenters. The van der Waals surface area contributed by atoms with Crippen molar-refractivity contribution in [1.82, 2.24) is 9.88 Å². The maximum absolute atomic E-state index is 15.4. The Morgan fingerprint density at radius 3 is 2.68 bits per heavy atom. The normalized spacial score (nSPS) is 20.3. The van der Waals surface area contributed by atoms with Gasteiger partial charge in [-0.15, -0.1) is 0 Å². The summed E-state index contributed by atoms with van der Waals surface area (Å²) in [6, 6.07) is 2.43. The molecule has 1 amide bonds. The van der Waals surface area contributed by atoms with E-state index in [9.17, 15) is 9.59 Å². The first-order valence-corrected chi connectivity index (χ1v) is 10.3. The van der Waals surface area contributed by atoms with Crippen molar-refractivity contribution >= 4 is 28.5 Å². The third-order valence-corrected chi connectivity index (χ3v) is 6.39. The predicted octanol–water partition coefficient (Wildman–Crippen LogP) is 2.36. The maximum Gasteiger partial charge on any atom is 0.404 e. The molecule has 31 heavy (non-hydrogen) atoms. The standard InChI is InChI=1S/C21H26FN5O4/c1-10-18-14(15(20(23)25-31)8-17(28)27(18)13-3-4-13)7-16(22)19(10)26-6-5-12(9-26)11(2)24-21(29)30/h7-8,11-13,24,31H,3-6,9H2,1-2H3,(H2,23,25)(H,29,30)/t11-,12+/m0/s1. The van der Waals surface area contributed by atoms with Gasteiger partial charge < -0.3 is 30.8 Å². The number of amides is 1. The van der Waals surface area contributed by atoms with E-state index in [-0.39, 0.29) is 35.0 Å². The maximum atomic E-state index is 15.4. The summed E-state index contributed by atoms with van der Waals surface area (Å²) in [5, 5.41) is 24.0. The molecule has 0 radical (unpaired) electrons. The highest BCUT2D eigenvalue weighted by Gasteiger charge is 2.33. The van der Waals surface area contributed by atoms with Gasteiger partial charge in [0.2, 0.25) is 0 Å². The van der Waals surface area contributed by atoms with Crippen LogP contribution in [-0.2, 0) is 0 Å². The minimum atomic E-state index is -1.08. The second-order valence-corrected chi connectivity index (χ2v) is 8.44. The number of oxime groups is 1. The van der Waals surface area contributed by atoms with Crippen LogP contribution < -0.4 is 21.5 Å². The molecule has 2 aromatic rings. The van der Waals surface area contributed by atoms with Crippen molar-refractivity contribution in [3.05, 3.63) is 39.4 Å². The SMILES string of the molecule is Cc1c(N2CC[C@@H]([C@H](C)NC(=O)O)C2)c(F)cc2c(/C(N)=N\O)cc(=O)n(C3CC3)c12. The minimum absolute atomic E-state index is 0.0414. The Balaban J connectivity index is 1.84. The van der Waals surface area contributed by atoms with E-state index in [1.54, 1.807) is 18.4 Å². The van der Waals surface area contributed by atoms with Crippen LogP contribution in [0.15, 0.2) is 22.1 Å². The van der Waals surface area contributed by atoms with Crippen molar-refractivity contribution in [1.29, 1.82) is 0 Å². The molecule has 0 unspecified atom stereocenters. The lowest BCUT2D eigenvalue weighted by atomic mass is 10.00. The van der Waals surface area contributed by atoms with Gasteiger partial charge in [0.05, 0.1) is 11.2 Å². The molecular weight excluding hydrogens is 405 g/mol. The molecule has 10 heteroatoms. The van der Waals surface area contributed by atoms with Crippen molar-refractivity contribution in [2.45, 2.75) is 45.2 Å². The molecule has 1 aliphatic carbocycles. The van der Waals surface area contributed by atoms with Crippen LogP contribution in [-0.4, -0.2) is 45.9 Å². The minimum Gasteiger partial charge on any atom is -0.465 e. The molecule has 0 spiro atoms. The van der Waals surface area contributed by atoms with Crippen LogP contribution in [0.25, 0.3) is 10.9 Å². The van der Waals surface area contributed by atoms with Crippen LogP contribution in [0.2, 0.25) is 0 Å². The molecule has 1 saturated carbocycles. The summed E-state index contributed by atoms with van der Waals surface area (Å²) < 4.78 is 17.1. The fourth-order valence-corrected chi connectivity index (χ4v) is 4.71. The number of carbonyl (C=O) groups is 1. The number of benzene rings is 1. The molecule has 4 rings (SSSR count). The largest absolute Gasteiger partial charge is 0.465 e. The predicted molar refractivity (Wildman–Crippen MR) is 115 cm³/mol. The molecule has 0 bridgehead atoms. The number of hydrogen-bond donors (Lipinski definition) is 4. The molecule has 1 aromatic carbocycles. The number of hydrogen-bond acceptors (Lipinski definition) is 5. The second-order valence-electron chi connectivity index (χ2n) is 8.44. The lowest BCUT2D eigenvalue weighted by Gasteiger charge is -2.26. The van der Waals surface area contributed by atoms with Gasteiger partial charge in [-0.1, -0.05) is 5.16 Å². The number of nitrogens with two attached hydrogens (primary N) is 1. The molecule has 2 fully saturated rings. The third kappa shape index (κ3) is 3.66. The molecule has 2 heterocycles. The average Bonchev–Trinajstić information content (AvgIpc) is 3.43. The van der Waals surface area contributed by atoms with E-state index < -0.39 is 11.9 Å². The van der Waals surface area contributed by atoms with Crippen molar-refractivity contribution in [3.8, 4) is 0 Å². The Kier molecular flexibility index (Phi) is 5.24. The van der Waals surface area contributed by atoms with Gasteiger partial charge in [-0.2, -0.15) is 0 Å². The zero-order valence-electron chi connectivity index (χ0n) is 17.4. The van der Waals surface area contributed by atoms with Gasteiger partial charge in [0.15, 0.2) is 5.84 Å². The quantitative estimate of drug-likeness (QED) is 0.249. The zero-order valence-corrected chi connectivity index (χ0v) is 17.4. The highest BCUT2D eigenvalue weighted by molar-refractivity contribution is 6.09. The first kappa shape index (κ1) is 21.0. The summed E-state index contributed by atoms with van der Waals surface area (Å²) in [6.07, 6.45) is 1.38. The first-order chi connectivity index (χ1) is 14.7. The number of carboxylic acid groups (broad SMARTS) is 1. The number of fused-ring (bicyclic) bond motifs is 1. The average molecular weight is 431 g/mol. The van der Waals surface area contributed by atoms with E-state index in [1.165, 1.54) is 12.1 Å². The van der Waals surface area contributed by atoms with Crippen LogP contribution >= 0.6 is 0 Å². The van der Waals surface area contributed by atoms with E-state index >= 15 is 4.39 Å². The summed E-state index contributed by atoms with van der Waals surface area (Å²) in [7, 11) is 0. The highest BCUT2D eigenvalue weighted by atomic mass is 19.1. The van der Waals surface area contributed by atoms with E-state index in [1.807, 2.05) is 4.90 Å². The van der Waals surface area contributed by atoms with Gasteiger partial charge in [-0.3, -0.25) is 4.79 Å². The van der Waals surface area contributed by atoms with Gasteiger partial charge in [0, 0.05) is 42.2 Å². The number of anilines is 1. The fraction of sp³-hybridized carbons (Fsp3) is 0.476. The molecule has 5 N–H and O–H groups in total. The zero-order chi connectivity index (χ0) is 22.4. The molecule has 9 nitrogen and oxygen atoms in total. The molecular formula is C21H26FN5O4. The van der Waals surface area contributed by atoms with E-state index in [4.69, 9.17) is 16.0 Å². The number of pyridine rings is 1. The number of nitrogens with zero attached hydrogens (tertiary/aromatic N) is 3. The van der Waals surface area contributed by atoms with Gasteiger partial charge in [-0.25, -0.2) is 9.18 Å². The Hall–Kier alpha value is -3.30. The Labute approximate surface area is 177 Å². The van der Waals surface area contributed by atoms with Gasteiger partial charge in [0.1, 0.15) is 5.82 Å². The summed E-state index contributed by atoms with van der Waals surface area (Å²) in [5.74, 6) is -0.663. The number of aryl methyl sites for hydroxylation is 1. The van der Waals surface area contributed by atoms with E-state index in [2.05, 4.69) is 10.5 Å². The third-order valence-electron chi connectivity index (χ3n) is 6.39. The van der Waals surface area contributed by atoms with Crippen molar-refractivity contribution in [2.24, 2.45) is 16.8 Å². The number of nitrogens with one attached hydrogen (secondary N) is 1. The van der Waals surface area contributed by atoms with Gasteiger partial charge >= 0.3 is 6.09 Å². The van der Waals surface area contributed by atoms with Crippen LogP contribution in [0, 0.1) is 18.7 Å². The van der Waals surface area contributed by atoms with Crippen LogP contribution in [0.5, 0.6) is 0 Å². The van der Waals surface area contributed by atoms with Crippen LogP contribution in [0.4, 0.5) is 14.9 Å². The lowest BCUT2D eigenvalue weighted by Crippen LogP contribution is -2.38. The van der Waals surface area contributed by atoms with Gasteiger partial charge in [-0.05, 0) is 50.7 Å². The topological polar surface area (TPSA) is 133 Å². The molecule has 1 aromatic heterocycles. The first-order valence-electron chi connectivity index (χ1n) is 10.3. The molecule has 1 saturated heterocycles. The number of aromatic nitrogens is 1. The smallest absolute Gasteiger partial charge is 0.404 e. The van der Waals surface area contributed by atoms with Crippen LogP contribution in [0.1, 0.15) is 43.4 Å². The fourth-order valence-electron chi connectivity index (χ4n) is 4.71. The highest BCUT2D eigenvalue weighted by Crippen LogP contribution is 2.41. The van der Waals surface area contributed by atoms with Crippen LogP contribution in [0.3, 0.4) is 0 Å². The van der Waals surface area contributed by atoms with Crippen molar-refractivity contribution in [2.75, 3.05) is 18.0 Å². The Bertz CT molecular complexity index is 1140. The monoisotopic (exact) mass is 431 g/mol. The summed E-state index contributed by atoms with van der Waals surface area (Å²) in [5.41, 5.74) is 7.33. The molecule has 166 valence electrons.